The van der Waals surface area contributed by atoms with Crippen molar-refractivity contribution in [1.29, 1.82) is 0 Å². The molecule has 1 saturated heterocycles. The summed E-state index contributed by atoms with van der Waals surface area (Å²) in [6.07, 6.45) is 3.23. The molecule has 1 aliphatic rings. The summed E-state index contributed by atoms with van der Waals surface area (Å²) < 4.78 is 4.90. The van der Waals surface area contributed by atoms with Crippen molar-refractivity contribution in [3.63, 3.8) is 0 Å². The number of anilines is 1. The number of hydrogen-bond acceptors (Lipinski definition) is 7. The molecule has 8 heteroatoms. The highest BCUT2D eigenvalue weighted by Gasteiger charge is 2.26. The first-order valence-electron chi connectivity index (χ1n) is 5.60. The Morgan fingerprint density at radius 2 is 2.22 bits per heavy atom. The molecule has 0 spiro atoms. The van der Waals surface area contributed by atoms with E-state index in [1.54, 1.807) is 0 Å². The van der Waals surface area contributed by atoms with Gasteiger partial charge in [0.2, 0.25) is 5.82 Å². The van der Waals surface area contributed by atoms with Gasteiger partial charge in [-0.2, -0.15) is 16.7 Å². The number of thioether (sulfide) groups is 1. The van der Waals surface area contributed by atoms with Crippen molar-refractivity contribution >= 4 is 23.3 Å². The Morgan fingerprint density at radius 1 is 1.50 bits per heavy atom. The number of aromatic nitrogens is 2. The highest BCUT2D eigenvalue weighted by atomic mass is 32.2. The average Bonchev–Trinajstić information content (AvgIpc) is 2.39. The zero-order valence-corrected chi connectivity index (χ0v) is 10.8. The summed E-state index contributed by atoms with van der Waals surface area (Å²) in [6.45, 7) is 0. The maximum atomic E-state index is 11.0. The van der Waals surface area contributed by atoms with Gasteiger partial charge in [-0.15, -0.1) is 0 Å². The molecule has 0 radical (unpaired) electrons. The largest absolute Gasteiger partial charge is 0.476 e. The second-order valence-electron chi connectivity index (χ2n) is 3.87. The molecule has 1 aliphatic heterocycles. The Balaban J connectivity index is 2.23. The smallest absolute Gasteiger partial charge is 0.372 e. The van der Waals surface area contributed by atoms with Gasteiger partial charge < -0.3 is 10.1 Å². The molecular formula is C10H14N4O3S. The van der Waals surface area contributed by atoms with Crippen LogP contribution in [0.2, 0.25) is 0 Å². The summed E-state index contributed by atoms with van der Waals surface area (Å²) in [5.41, 5.74) is -0.196. The number of nitrogens with one attached hydrogen (secondary N) is 1. The van der Waals surface area contributed by atoms with Crippen LogP contribution >= 0.6 is 11.8 Å². The topological polar surface area (TPSA) is 90.2 Å². The zero-order chi connectivity index (χ0) is 13.0. The zero-order valence-electron chi connectivity index (χ0n) is 9.96. The van der Waals surface area contributed by atoms with Crippen LogP contribution in [0.15, 0.2) is 6.33 Å². The number of methoxy groups -OCH3 is 1. The van der Waals surface area contributed by atoms with E-state index < -0.39 is 4.92 Å². The average molecular weight is 270 g/mol. The predicted molar refractivity (Wildman–Crippen MR) is 69.2 cm³/mol. The minimum atomic E-state index is -0.515. The molecule has 1 N–H and O–H groups in total. The Bertz CT molecular complexity index is 437. The van der Waals surface area contributed by atoms with Crippen LogP contribution in [0, 0.1) is 10.1 Å². The van der Waals surface area contributed by atoms with E-state index in [4.69, 9.17) is 4.74 Å². The van der Waals surface area contributed by atoms with Crippen molar-refractivity contribution in [2.45, 2.75) is 18.9 Å². The van der Waals surface area contributed by atoms with Gasteiger partial charge >= 0.3 is 5.69 Å². The molecule has 18 heavy (non-hydrogen) atoms. The van der Waals surface area contributed by atoms with Gasteiger partial charge in [0.1, 0.15) is 6.33 Å². The first-order chi connectivity index (χ1) is 8.72. The molecule has 2 rings (SSSR count). The molecule has 0 amide bonds. The van der Waals surface area contributed by atoms with Crippen LogP contribution in [-0.4, -0.2) is 39.5 Å². The lowest BCUT2D eigenvalue weighted by atomic mass is 10.1. The molecule has 98 valence electrons. The lowest BCUT2D eigenvalue weighted by Gasteiger charge is -2.22. The highest BCUT2D eigenvalue weighted by Crippen LogP contribution is 2.32. The minimum Gasteiger partial charge on any atom is -0.476 e. The SMILES string of the molecule is COc1ncnc(NC2CCSCC2)c1[N+](=O)[O-]. The molecule has 1 aromatic rings. The van der Waals surface area contributed by atoms with Gasteiger partial charge in [-0.25, -0.2) is 4.98 Å². The van der Waals surface area contributed by atoms with Gasteiger partial charge in [-0.1, -0.05) is 0 Å². The van der Waals surface area contributed by atoms with Crippen molar-refractivity contribution < 1.29 is 9.66 Å². The summed E-state index contributed by atoms with van der Waals surface area (Å²) in [5, 5.41) is 14.2. The lowest BCUT2D eigenvalue weighted by Crippen LogP contribution is -2.25. The van der Waals surface area contributed by atoms with Crippen LogP contribution in [0.1, 0.15) is 12.8 Å². The quantitative estimate of drug-likeness (QED) is 0.657. The van der Waals surface area contributed by atoms with Crippen molar-refractivity contribution in [1.82, 2.24) is 9.97 Å². The van der Waals surface area contributed by atoms with Gasteiger partial charge in [0.25, 0.3) is 5.88 Å². The summed E-state index contributed by atoms with van der Waals surface area (Å²) in [7, 11) is 1.36. The Kier molecular flexibility index (Phi) is 4.19. The van der Waals surface area contributed by atoms with Crippen molar-refractivity contribution in [3.8, 4) is 5.88 Å². The van der Waals surface area contributed by atoms with E-state index in [0.29, 0.717) is 0 Å². The predicted octanol–water partition coefficient (Wildman–Crippen LogP) is 1.70. The highest BCUT2D eigenvalue weighted by molar-refractivity contribution is 7.99. The molecule has 2 heterocycles. The molecule has 0 bridgehead atoms. The molecule has 0 aromatic carbocycles. The normalized spacial score (nSPS) is 16.3. The van der Waals surface area contributed by atoms with Gasteiger partial charge in [-0.3, -0.25) is 10.1 Å². The third-order valence-corrected chi connectivity index (χ3v) is 3.78. The van der Waals surface area contributed by atoms with E-state index in [-0.39, 0.29) is 23.4 Å². The van der Waals surface area contributed by atoms with Crippen molar-refractivity contribution in [3.05, 3.63) is 16.4 Å². The number of ether oxygens (including phenoxy) is 1. The molecule has 0 saturated carbocycles. The molecule has 0 aliphatic carbocycles. The van der Waals surface area contributed by atoms with E-state index >= 15 is 0 Å². The van der Waals surface area contributed by atoms with Crippen LogP contribution in [0.5, 0.6) is 5.88 Å². The van der Waals surface area contributed by atoms with Crippen LogP contribution < -0.4 is 10.1 Å². The molecule has 0 unspecified atom stereocenters. The van der Waals surface area contributed by atoms with Crippen LogP contribution in [0.4, 0.5) is 11.5 Å². The fourth-order valence-electron chi connectivity index (χ4n) is 1.82. The number of hydrogen-bond donors (Lipinski definition) is 1. The Hall–Kier alpha value is -1.57. The summed E-state index contributed by atoms with van der Waals surface area (Å²) in [6, 6.07) is 0.226. The second kappa shape index (κ2) is 5.85. The Morgan fingerprint density at radius 3 is 2.83 bits per heavy atom. The summed E-state index contributed by atoms with van der Waals surface area (Å²) in [5.74, 6) is 2.35. The minimum absolute atomic E-state index is 0.0114. The molecule has 7 nitrogen and oxygen atoms in total. The second-order valence-corrected chi connectivity index (χ2v) is 5.09. The maximum Gasteiger partial charge on any atom is 0.372 e. The molecular weight excluding hydrogens is 256 g/mol. The van der Waals surface area contributed by atoms with E-state index in [2.05, 4.69) is 15.3 Å². The standard InChI is InChI=1S/C10H14N4O3S/c1-17-10-8(14(15)16)9(11-6-12-10)13-7-2-4-18-5-3-7/h6-7H,2-5H2,1H3,(H,11,12,13). The first-order valence-corrected chi connectivity index (χ1v) is 6.75. The molecule has 1 fully saturated rings. The number of nitro groups is 1. The van der Waals surface area contributed by atoms with Crippen molar-refractivity contribution in [2.75, 3.05) is 23.9 Å². The van der Waals surface area contributed by atoms with Crippen LogP contribution in [0.3, 0.4) is 0 Å². The fourth-order valence-corrected chi connectivity index (χ4v) is 2.92. The van der Waals surface area contributed by atoms with E-state index in [0.717, 1.165) is 24.3 Å². The van der Waals surface area contributed by atoms with Crippen molar-refractivity contribution in [2.24, 2.45) is 0 Å². The Labute approximate surface area is 108 Å². The van der Waals surface area contributed by atoms with Crippen LogP contribution in [-0.2, 0) is 0 Å². The molecule has 1 aromatic heterocycles. The molecule has 0 atom stereocenters. The summed E-state index contributed by atoms with van der Waals surface area (Å²) in [4.78, 5) is 18.2. The maximum absolute atomic E-state index is 11.0. The van der Waals surface area contributed by atoms with Gasteiger partial charge in [0, 0.05) is 6.04 Å². The lowest BCUT2D eigenvalue weighted by molar-refractivity contribution is -0.385. The summed E-state index contributed by atoms with van der Waals surface area (Å²) >= 11 is 1.90. The third-order valence-electron chi connectivity index (χ3n) is 2.73. The van der Waals surface area contributed by atoms with E-state index in [1.165, 1.54) is 13.4 Å². The number of nitrogens with zero attached hydrogens (tertiary/aromatic N) is 3. The van der Waals surface area contributed by atoms with E-state index in [1.807, 2.05) is 11.8 Å². The third kappa shape index (κ3) is 2.81. The monoisotopic (exact) mass is 270 g/mol. The fraction of sp³-hybridized carbons (Fsp3) is 0.600. The number of rotatable bonds is 4. The van der Waals surface area contributed by atoms with Crippen LogP contribution in [0.25, 0.3) is 0 Å². The van der Waals surface area contributed by atoms with Gasteiger partial charge in [0.15, 0.2) is 0 Å². The van der Waals surface area contributed by atoms with Gasteiger partial charge in [-0.05, 0) is 24.3 Å². The van der Waals surface area contributed by atoms with E-state index in [9.17, 15) is 10.1 Å². The first kappa shape index (κ1) is 12.9. The van der Waals surface area contributed by atoms with Gasteiger partial charge in [0.05, 0.1) is 12.0 Å².